The van der Waals surface area contributed by atoms with Crippen LogP contribution in [-0.4, -0.2) is 6.61 Å². The molecule has 1 heterocycles. The Morgan fingerprint density at radius 1 is 1.20 bits per heavy atom. The van der Waals surface area contributed by atoms with E-state index in [9.17, 15) is 0 Å². The second-order valence-electron chi connectivity index (χ2n) is 2.74. The summed E-state index contributed by atoms with van der Waals surface area (Å²) in [6.45, 7) is 0.705. The highest BCUT2D eigenvalue weighted by Crippen LogP contribution is 2.21. The third kappa shape index (κ3) is 3.54. The van der Waals surface area contributed by atoms with Crippen LogP contribution in [0, 0.1) is 22.7 Å². The molecule has 0 spiro atoms. The Labute approximate surface area is 88.8 Å². The van der Waals surface area contributed by atoms with Gasteiger partial charge in [-0.15, -0.1) is 0 Å². The monoisotopic (exact) mass is 198 g/mol. The second kappa shape index (κ2) is 6.23. The van der Waals surface area contributed by atoms with Crippen molar-refractivity contribution < 1.29 is 4.74 Å². The van der Waals surface area contributed by atoms with Gasteiger partial charge in [-0.25, -0.2) is 0 Å². The zero-order chi connectivity index (χ0) is 10.9. The summed E-state index contributed by atoms with van der Waals surface area (Å²) in [5.74, 6) is 0.991. The Bertz CT molecular complexity index is 412. The highest BCUT2D eigenvalue weighted by atomic mass is 16.5. The van der Waals surface area contributed by atoms with Gasteiger partial charge in [0.25, 0.3) is 0 Å². The van der Waals surface area contributed by atoms with Crippen LogP contribution in [0.3, 0.4) is 0 Å². The molecule has 0 unspecified atom stereocenters. The topological polar surface area (TPSA) is 56.8 Å². The van der Waals surface area contributed by atoms with Crippen LogP contribution in [0.2, 0.25) is 0 Å². The minimum atomic E-state index is 0. The summed E-state index contributed by atoms with van der Waals surface area (Å²) in [5.41, 5.74) is 1.17. The fourth-order valence-corrected chi connectivity index (χ4v) is 1.10. The van der Waals surface area contributed by atoms with Crippen molar-refractivity contribution in [1.82, 2.24) is 0 Å². The lowest BCUT2D eigenvalue weighted by molar-refractivity contribution is 0.358. The quantitative estimate of drug-likeness (QED) is 0.643. The van der Waals surface area contributed by atoms with E-state index in [1.807, 2.05) is 30.3 Å². The van der Waals surface area contributed by atoms with Crippen molar-refractivity contribution in [3.8, 4) is 17.9 Å². The van der Waals surface area contributed by atoms with Gasteiger partial charge in [0.05, 0.1) is 12.1 Å². The summed E-state index contributed by atoms with van der Waals surface area (Å²) in [6.07, 6.45) is 4.10. The zero-order valence-electron chi connectivity index (χ0n) is 8.18. The van der Waals surface area contributed by atoms with Crippen molar-refractivity contribution in [3.05, 3.63) is 35.9 Å². The standard InChI is InChI=1S/C9H8O.C3H2N2/c1-2-6-9-8(4-1)5-3-7-10-9;4-2-1-3-5/h1-6H,7H2;1H2. The highest BCUT2D eigenvalue weighted by Gasteiger charge is 2.01. The first kappa shape index (κ1) is 10.8. The SMILES string of the molecule is C1=Cc2ccccc2OC1.N#CCC#N. The van der Waals surface area contributed by atoms with E-state index in [0.717, 1.165) is 5.75 Å². The number of ether oxygens (including phenoxy) is 1. The molecular formula is C12H10N2O. The van der Waals surface area contributed by atoms with E-state index < -0.39 is 0 Å². The third-order valence-corrected chi connectivity index (χ3v) is 1.71. The molecule has 0 aromatic heterocycles. The van der Waals surface area contributed by atoms with Crippen LogP contribution in [0.25, 0.3) is 6.08 Å². The van der Waals surface area contributed by atoms with E-state index in [1.54, 1.807) is 12.1 Å². The van der Waals surface area contributed by atoms with Crippen LogP contribution in [0.4, 0.5) is 0 Å². The molecule has 1 aromatic carbocycles. The van der Waals surface area contributed by atoms with Crippen molar-refractivity contribution in [2.24, 2.45) is 0 Å². The lowest BCUT2D eigenvalue weighted by Gasteiger charge is -2.10. The van der Waals surface area contributed by atoms with Gasteiger partial charge in [0.1, 0.15) is 18.8 Å². The van der Waals surface area contributed by atoms with Crippen molar-refractivity contribution in [1.29, 1.82) is 10.5 Å². The molecule has 3 heteroatoms. The first-order chi connectivity index (χ1) is 7.38. The van der Waals surface area contributed by atoms with Gasteiger partial charge in [0.2, 0.25) is 0 Å². The fourth-order valence-electron chi connectivity index (χ4n) is 1.10. The van der Waals surface area contributed by atoms with Gasteiger partial charge >= 0.3 is 0 Å². The minimum Gasteiger partial charge on any atom is -0.489 e. The molecule has 1 aliphatic heterocycles. The van der Waals surface area contributed by atoms with E-state index >= 15 is 0 Å². The second-order valence-corrected chi connectivity index (χ2v) is 2.74. The molecule has 0 aliphatic carbocycles. The normalized spacial score (nSPS) is 10.8. The van der Waals surface area contributed by atoms with E-state index in [-0.39, 0.29) is 6.42 Å². The molecule has 0 bridgehead atoms. The van der Waals surface area contributed by atoms with Crippen LogP contribution in [0.1, 0.15) is 12.0 Å². The average Bonchev–Trinajstić information content (AvgIpc) is 2.31. The molecule has 1 aliphatic rings. The number of para-hydroxylation sites is 1. The Morgan fingerprint density at radius 3 is 2.53 bits per heavy atom. The van der Waals surface area contributed by atoms with Crippen molar-refractivity contribution in [3.63, 3.8) is 0 Å². The van der Waals surface area contributed by atoms with Gasteiger partial charge in [-0.3, -0.25) is 0 Å². The number of hydrogen-bond acceptors (Lipinski definition) is 3. The van der Waals surface area contributed by atoms with Crippen molar-refractivity contribution in [2.45, 2.75) is 6.42 Å². The minimum absolute atomic E-state index is 0. The van der Waals surface area contributed by atoms with Crippen LogP contribution in [0.5, 0.6) is 5.75 Å². The van der Waals surface area contributed by atoms with Gasteiger partial charge in [0, 0.05) is 5.56 Å². The first-order valence-corrected chi connectivity index (χ1v) is 4.50. The smallest absolute Gasteiger partial charge is 0.126 e. The van der Waals surface area contributed by atoms with Gasteiger partial charge < -0.3 is 4.74 Å². The first-order valence-electron chi connectivity index (χ1n) is 4.50. The molecule has 3 nitrogen and oxygen atoms in total. The van der Waals surface area contributed by atoms with Gasteiger partial charge in [-0.2, -0.15) is 10.5 Å². The maximum absolute atomic E-state index is 7.59. The number of nitriles is 2. The molecule has 0 fully saturated rings. The summed E-state index contributed by atoms with van der Waals surface area (Å²) in [6, 6.07) is 11.3. The number of hydrogen-bond donors (Lipinski definition) is 0. The number of nitrogens with zero attached hydrogens (tertiary/aromatic N) is 2. The number of rotatable bonds is 0. The van der Waals surface area contributed by atoms with Crippen LogP contribution >= 0.6 is 0 Å². The van der Waals surface area contributed by atoms with Crippen molar-refractivity contribution in [2.75, 3.05) is 6.61 Å². The molecule has 74 valence electrons. The maximum atomic E-state index is 7.59. The Morgan fingerprint density at radius 2 is 1.93 bits per heavy atom. The van der Waals surface area contributed by atoms with Gasteiger partial charge in [-0.1, -0.05) is 24.3 Å². The average molecular weight is 198 g/mol. The Balaban J connectivity index is 0.000000195. The molecular weight excluding hydrogens is 188 g/mol. The molecule has 1 aromatic rings. The largest absolute Gasteiger partial charge is 0.489 e. The lowest BCUT2D eigenvalue weighted by Crippen LogP contribution is -1.98. The van der Waals surface area contributed by atoms with Gasteiger partial charge in [-0.05, 0) is 12.1 Å². The molecule has 0 amide bonds. The number of benzene rings is 1. The zero-order valence-corrected chi connectivity index (χ0v) is 8.18. The summed E-state index contributed by atoms with van der Waals surface area (Å²) in [7, 11) is 0. The molecule has 0 saturated carbocycles. The molecule has 15 heavy (non-hydrogen) atoms. The molecule has 2 rings (SSSR count). The van der Waals surface area contributed by atoms with Crippen molar-refractivity contribution >= 4 is 6.08 Å². The Kier molecular flexibility index (Phi) is 4.50. The summed E-state index contributed by atoms with van der Waals surface area (Å²) < 4.78 is 5.34. The maximum Gasteiger partial charge on any atom is 0.126 e. The summed E-state index contributed by atoms with van der Waals surface area (Å²) in [4.78, 5) is 0. The molecule has 0 radical (unpaired) electrons. The van der Waals surface area contributed by atoms with Crippen LogP contribution in [0.15, 0.2) is 30.3 Å². The number of fused-ring (bicyclic) bond motifs is 1. The predicted octanol–water partition coefficient (Wildman–Crippen LogP) is 2.52. The predicted molar refractivity (Wildman–Crippen MR) is 56.8 cm³/mol. The third-order valence-electron chi connectivity index (χ3n) is 1.71. The summed E-state index contributed by atoms with van der Waals surface area (Å²) in [5, 5.41) is 15.2. The van der Waals surface area contributed by atoms with Gasteiger partial charge in [0.15, 0.2) is 0 Å². The fraction of sp³-hybridized carbons (Fsp3) is 0.167. The lowest BCUT2D eigenvalue weighted by atomic mass is 10.1. The highest BCUT2D eigenvalue weighted by molar-refractivity contribution is 5.58. The molecule has 0 saturated heterocycles. The van der Waals surface area contributed by atoms with Crippen LogP contribution in [-0.2, 0) is 0 Å². The molecule has 0 N–H and O–H groups in total. The van der Waals surface area contributed by atoms with E-state index in [1.165, 1.54) is 5.56 Å². The van der Waals surface area contributed by atoms with E-state index in [4.69, 9.17) is 15.3 Å². The van der Waals surface area contributed by atoms with E-state index in [2.05, 4.69) is 6.08 Å². The summed E-state index contributed by atoms with van der Waals surface area (Å²) >= 11 is 0. The Hall–Kier alpha value is -2.26. The van der Waals surface area contributed by atoms with E-state index in [0.29, 0.717) is 6.61 Å². The molecule has 0 atom stereocenters. The van der Waals surface area contributed by atoms with Crippen LogP contribution < -0.4 is 4.74 Å².